The van der Waals surface area contributed by atoms with E-state index in [2.05, 4.69) is 5.32 Å². The highest BCUT2D eigenvalue weighted by Crippen LogP contribution is 2.24. The maximum Gasteiger partial charge on any atom is 0.282 e. The van der Waals surface area contributed by atoms with Gasteiger partial charge < -0.3 is 10.1 Å². The van der Waals surface area contributed by atoms with Crippen LogP contribution >= 0.6 is 11.8 Å². The summed E-state index contributed by atoms with van der Waals surface area (Å²) < 4.78 is 5.61. The van der Waals surface area contributed by atoms with Gasteiger partial charge in [0.1, 0.15) is 11.3 Å². The van der Waals surface area contributed by atoms with Crippen molar-refractivity contribution in [3.8, 4) is 5.75 Å². The molecule has 2 aromatic carbocycles. The number of hydrogen-bond donors (Lipinski definition) is 1. The molecule has 0 bridgehead atoms. The summed E-state index contributed by atoms with van der Waals surface area (Å²) in [4.78, 5) is 23.6. The highest BCUT2D eigenvalue weighted by atomic mass is 32.2. The molecular weight excluding hydrogens is 340 g/mol. The molecule has 0 aliphatic rings. The van der Waals surface area contributed by atoms with Gasteiger partial charge >= 0.3 is 0 Å². The minimum Gasteiger partial charge on any atom is -0.494 e. The molecule has 1 N–H and O–H groups in total. The fourth-order valence-electron chi connectivity index (χ4n) is 2.25. The monoisotopic (exact) mass is 360 g/mol. The second-order valence-corrected chi connectivity index (χ2v) is 6.29. The van der Waals surface area contributed by atoms with Crippen molar-refractivity contribution in [2.75, 3.05) is 19.4 Å². The smallest absolute Gasteiger partial charge is 0.282 e. The van der Waals surface area contributed by atoms with Gasteiger partial charge in [-0.15, -0.1) is 11.8 Å². The molecule has 132 valence electrons. The zero-order chi connectivity index (χ0) is 18.2. The second-order valence-electron chi connectivity index (χ2n) is 5.41. The summed E-state index contributed by atoms with van der Waals surface area (Å²) in [6.45, 7) is 2.82. The lowest BCUT2D eigenvalue weighted by Crippen LogP contribution is -2.26. The van der Waals surface area contributed by atoms with Gasteiger partial charge in [-0.2, -0.15) is 0 Å². The molecule has 0 atom stereocenters. The van der Waals surface area contributed by atoms with Crippen molar-refractivity contribution < 1.29 is 14.5 Å². The first-order valence-corrected chi connectivity index (χ1v) is 9.04. The molecule has 0 heterocycles. The van der Waals surface area contributed by atoms with Gasteiger partial charge in [0.25, 0.3) is 11.6 Å². The Bertz CT molecular complexity index is 764. The molecule has 0 aliphatic heterocycles. The summed E-state index contributed by atoms with van der Waals surface area (Å²) in [7, 11) is 0. The second kappa shape index (κ2) is 9.08. The van der Waals surface area contributed by atoms with Crippen molar-refractivity contribution in [2.24, 2.45) is 0 Å². The number of carbonyl (C=O) groups excluding carboxylic acids is 1. The third-order valence-electron chi connectivity index (χ3n) is 3.51. The van der Waals surface area contributed by atoms with Crippen LogP contribution in [0.2, 0.25) is 0 Å². The van der Waals surface area contributed by atoms with Crippen LogP contribution in [0.3, 0.4) is 0 Å². The van der Waals surface area contributed by atoms with Gasteiger partial charge in [0.15, 0.2) is 0 Å². The van der Waals surface area contributed by atoms with Crippen LogP contribution in [0.5, 0.6) is 5.75 Å². The van der Waals surface area contributed by atoms with Gasteiger partial charge in [-0.05, 0) is 49.4 Å². The molecule has 7 heteroatoms. The van der Waals surface area contributed by atoms with E-state index in [0.717, 1.165) is 16.2 Å². The molecule has 0 unspecified atom stereocenters. The van der Waals surface area contributed by atoms with E-state index in [0.29, 0.717) is 19.6 Å². The van der Waals surface area contributed by atoms with E-state index in [1.807, 2.05) is 37.4 Å². The average molecular weight is 360 g/mol. The number of thioether (sulfide) groups is 1. The zero-order valence-electron chi connectivity index (χ0n) is 14.2. The molecule has 2 rings (SSSR count). The Kier molecular flexibility index (Phi) is 6.82. The van der Waals surface area contributed by atoms with Gasteiger partial charge in [-0.25, -0.2) is 0 Å². The standard InChI is InChI=1S/C18H20N2O4S/c1-13-5-3-6-14(11-13)24-10-4-9-19-18(21)16-12-15(25-2)7-8-17(16)20(22)23/h3,5-8,11-12H,4,9-10H2,1-2H3,(H,19,21). The fraction of sp³-hybridized carbons (Fsp3) is 0.278. The van der Waals surface area contributed by atoms with E-state index in [1.54, 1.807) is 12.1 Å². The molecule has 0 fully saturated rings. The fourth-order valence-corrected chi connectivity index (χ4v) is 2.69. The molecule has 0 aliphatic carbocycles. The number of nitro benzene ring substituents is 1. The number of nitro groups is 1. The van der Waals surface area contributed by atoms with E-state index in [9.17, 15) is 14.9 Å². The molecule has 0 radical (unpaired) electrons. The van der Waals surface area contributed by atoms with Gasteiger partial charge in [0.05, 0.1) is 11.5 Å². The van der Waals surface area contributed by atoms with Gasteiger partial charge in [0.2, 0.25) is 0 Å². The van der Waals surface area contributed by atoms with E-state index >= 15 is 0 Å². The predicted molar refractivity (Wildman–Crippen MR) is 98.5 cm³/mol. The van der Waals surface area contributed by atoms with Crippen LogP contribution in [0.15, 0.2) is 47.4 Å². The van der Waals surface area contributed by atoms with E-state index in [-0.39, 0.29) is 11.3 Å². The summed E-state index contributed by atoms with van der Waals surface area (Å²) in [5, 5.41) is 13.8. The third-order valence-corrected chi connectivity index (χ3v) is 4.24. The van der Waals surface area contributed by atoms with Crippen molar-refractivity contribution in [3.05, 3.63) is 63.7 Å². The molecule has 0 aromatic heterocycles. The van der Waals surface area contributed by atoms with Crippen LogP contribution in [-0.2, 0) is 0 Å². The first-order valence-electron chi connectivity index (χ1n) is 7.81. The summed E-state index contributed by atoms with van der Waals surface area (Å²) in [6.07, 6.45) is 2.46. The largest absolute Gasteiger partial charge is 0.494 e. The lowest BCUT2D eigenvalue weighted by Gasteiger charge is -2.09. The van der Waals surface area contributed by atoms with E-state index < -0.39 is 10.8 Å². The molecule has 25 heavy (non-hydrogen) atoms. The Hall–Kier alpha value is -2.54. The van der Waals surface area contributed by atoms with Gasteiger partial charge in [0, 0.05) is 17.5 Å². The average Bonchev–Trinajstić information content (AvgIpc) is 2.60. The Labute approximate surface area is 150 Å². The van der Waals surface area contributed by atoms with Crippen LogP contribution in [0.4, 0.5) is 5.69 Å². The Morgan fingerprint density at radius 2 is 2.08 bits per heavy atom. The minimum atomic E-state index is -0.542. The molecule has 6 nitrogen and oxygen atoms in total. The number of aryl methyl sites for hydroxylation is 1. The normalized spacial score (nSPS) is 10.3. The molecule has 2 aromatic rings. The number of amides is 1. The first-order chi connectivity index (χ1) is 12.0. The number of hydrogen-bond acceptors (Lipinski definition) is 5. The first kappa shape index (κ1) is 18.8. The Morgan fingerprint density at radius 1 is 1.28 bits per heavy atom. The summed E-state index contributed by atoms with van der Waals surface area (Å²) in [5.41, 5.74) is 1.01. The number of rotatable bonds is 8. The highest BCUT2D eigenvalue weighted by Gasteiger charge is 2.20. The lowest BCUT2D eigenvalue weighted by atomic mass is 10.1. The van der Waals surface area contributed by atoms with Crippen LogP contribution in [0.1, 0.15) is 22.3 Å². The van der Waals surface area contributed by atoms with Crippen molar-refractivity contribution >= 4 is 23.4 Å². The number of nitrogens with zero attached hydrogens (tertiary/aromatic N) is 1. The maximum absolute atomic E-state index is 12.3. The number of carbonyl (C=O) groups is 1. The van der Waals surface area contributed by atoms with Crippen molar-refractivity contribution in [1.29, 1.82) is 0 Å². The Balaban J connectivity index is 1.87. The molecule has 0 saturated carbocycles. The van der Waals surface area contributed by atoms with E-state index in [4.69, 9.17) is 4.74 Å². The number of benzene rings is 2. The van der Waals surface area contributed by atoms with Crippen molar-refractivity contribution in [2.45, 2.75) is 18.2 Å². The van der Waals surface area contributed by atoms with Gasteiger partial charge in [-0.3, -0.25) is 14.9 Å². The number of ether oxygens (including phenoxy) is 1. The molecule has 1 amide bonds. The predicted octanol–water partition coefficient (Wildman–Crippen LogP) is 3.82. The number of nitrogens with one attached hydrogen (secondary N) is 1. The van der Waals surface area contributed by atoms with Crippen molar-refractivity contribution in [1.82, 2.24) is 5.32 Å². The SMILES string of the molecule is CSc1ccc([N+](=O)[O-])c(C(=O)NCCCOc2cccc(C)c2)c1. The third kappa shape index (κ3) is 5.49. The summed E-state index contributed by atoms with van der Waals surface area (Å²) >= 11 is 1.43. The quantitative estimate of drug-likeness (QED) is 0.335. The van der Waals surface area contributed by atoms with Crippen LogP contribution in [0.25, 0.3) is 0 Å². The summed E-state index contributed by atoms with van der Waals surface area (Å²) in [6, 6.07) is 12.3. The molecule has 0 spiro atoms. The maximum atomic E-state index is 12.3. The molecular formula is C18H20N2O4S. The van der Waals surface area contributed by atoms with Crippen LogP contribution in [-0.4, -0.2) is 30.2 Å². The van der Waals surface area contributed by atoms with Crippen LogP contribution < -0.4 is 10.1 Å². The highest BCUT2D eigenvalue weighted by molar-refractivity contribution is 7.98. The Morgan fingerprint density at radius 3 is 2.76 bits per heavy atom. The lowest BCUT2D eigenvalue weighted by molar-refractivity contribution is -0.385. The van der Waals surface area contributed by atoms with Crippen molar-refractivity contribution in [3.63, 3.8) is 0 Å². The van der Waals surface area contributed by atoms with Crippen LogP contribution in [0, 0.1) is 17.0 Å². The topological polar surface area (TPSA) is 81.5 Å². The van der Waals surface area contributed by atoms with E-state index in [1.165, 1.54) is 17.8 Å². The summed E-state index contributed by atoms with van der Waals surface area (Å²) in [5.74, 6) is 0.341. The molecule has 0 saturated heterocycles. The minimum absolute atomic E-state index is 0.0800. The zero-order valence-corrected chi connectivity index (χ0v) is 15.0. The van der Waals surface area contributed by atoms with Gasteiger partial charge in [-0.1, -0.05) is 12.1 Å².